The maximum atomic E-state index is 10.1. The molecule has 0 bridgehead atoms. The summed E-state index contributed by atoms with van der Waals surface area (Å²) in [7, 11) is 1.73. The Hall–Kier alpha value is -2.80. The molecule has 0 amide bonds. The van der Waals surface area contributed by atoms with E-state index in [-0.39, 0.29) is 6.04 Å². The van der Waals surface area contributed by atoms with E-state index in [9.17, 15) is 5.21 Å². The lowest BCUT2D eigenvalue weighted by molar-refractivity contribution is -0.0624. The molecule has 2 aromatic heterocycles. The van der Waals surface area contributed by atoms with Crippen molar-refractivity contribution in [1.29, 1.82) is 0 Å². The summed E-state index contributed by atoms with van der Waals surface area (Å²) in [5.74, 6) is 0.730. The standard InChI is InChI=1S/C18H22N6O/c1-3-5-17-16(20-10-11-23(17)25)12-15-7-9-22-24(15)18-14(13-19-2)6-4-8-21-18/h4,6-11,13,17,25H,3,5,12H2,1-2H3. The van der Waals surface area contributed by atoms with Crippen molar-refractivity contribution in [2.45, 2.75) is 32.2 Å². The van der Waals surface area contributed by atoms with E-state index in [2.05, 4.69) is 27.0 Å². The van der Waals surface area contributed by atoms with E-state index in [1.165, 1.54) is 5.06 Å². The number of hydrogen-bond donors (Lipinski definition) is 1. The van der Waals surface area contributed by atoms with Crippen LogP contribution >= 0.6 is 0 Å². The van der Waals surface area contributed by atoms with Crippen LogP contribution in [0.2, 0.25) is 0 Å². The van der Waals surface area contributed by atoms with Crippen molar-refractivity contribution in [3.05, 3.63) is 54.3 Å². The molecule has 0 aliphatic carbocycles. The smallest absolute Gasteiger partial charge is 0.162 e. The van der Waals surface area contributed by atoms with Crippen LogP contribution in [-0.2, 0) is 6.42 Å². The molecule has 1 atom stereocenters. The van der Waals surface area contributed by atoms with Crippen molar-refractivity contribution >= 4 is 11.9 Å². The first-order valence-corrected chi connectivity index (χ1v) is 8.35. The van der Waals surface area contributed by atoms with Gasteiger partial charge in [0.05, 0.1) is 11.7 Å². The first-order chi connectivity index (χ1) is 12.2. The van der Waals surface area contributed by atoms with E-state index in [4.69, 9.17) is 0 Å². The van der Waals surface area contributed by atoms with Gasteiger partial charge in [-0.3, -0.25) is 20.3 Å². The van der Waals surface area contributed by atoms with Gasteiger partial charge in [-0.05, 0) is 24.6 Å². The molecule has 1 N–H and O–H groups in total. The van der Waals surface area contributed by atoms with Gasteiger partial charge in [0.15, 0.2) is 5.82 Å². The molecule has 0 radical (unpaired) electrons. The van der Waals surface area contributed by atoms with Gasteiger partial charge in [-0.1, -0.05) is 13.3 Å². The van der Waals surface area contributed by atoms with Crippen LogP contribution in [-0.4, -0.2) is 50.1 Å². The highest BCUT2D eigenvalue weighted by Gasteiger charge is 2.24. The molecule has 1 unspecified atom stereocenters. The molecule has 1 aliphatic rings. The van der Waals surface area contributed by atoms with E-state index < -0.39 is 0 Å². The Labute approximate surface area is 147 Å². The Kier molecular flexibility index (Phi) is 5.35. The maximum Gasteiger partial charge on any atom is 0.162 e. The number of aliphatic imine (C=N–C) groups is 2. The second-order valence-corrected chi connectivity index (χ2v) is 5.82. The van der Waals surface area contributed by atoms with Gasteiger partial charge in [0.2, 0.25) is 0 Å². The number of hydrogen-bond acceptors (Lipinski definition) is 6. The first kappa shape index (κ1) is 17.0. The summed E-state index contributed by atoms with van der Waals surface area (Å²) in [4.78, 5) is 13.0. The lowest BCUT2D eigenvalue weighted by Gasteiger charge is -2.28. The average molecular weight is 338 g/mol. The Bertz CT molecular complexity index is 807. The minimum atomic E-state index is -0.112. The van der Waals surface area contributed by atoms with Crippen LogP contribution in [0.3, 0.4) is 0 Å². The molecule has 0 saturated heterocycles. The second kappa shape index (κ2) is 7.85. The van der Waals surface area contributed by atoms with Crippen LogP contribution in [0, 0.1) is 0 Å². The summed E-state index contributed by atoms with van der Waals surface area (Å²) in [5.41, 5.74) is 2.78. The Morgan fingerprint density at radius 2 is 2.20 bits per heavy atom. The molecule has 7 heteroatoms. The monoisotopic (exact) mass is 338 g/mol. The van der Waals surface area contributed by atoms with Gasteiger partial charge < -0.3 is 0 Å². The number of nitrogens with zero attached hydrogens (tertiary/aromatic N) is 6. The number of hydroxylamine groups is 2. The summed E-state index contributed by atoms with van der Waals surface area (Å²) in [6.07, 6.45) is 10.9. The minimum Gasteiger partial charge on any atom is -0.296 e. The molecule has 3 rings (SSSR count). The molecular formula is C18H22N6O. The maximum absolute atomic E-state index is 10.1. The number of rotatable bonds is 6. The van der Waals surface area contributed by atoms with Crippen molar-refractivity contribution in [3.63, 3.8) is 0 Å². The Morgan fingerprint density at radius 1 is 1.32 bits per heavy atom. The van der Waals surface area contributed by atoms with Gasteiger partial charge in [0, 0.05) is 55.8 Å². The summed E-state index contributed by atoms with van der Waals surface area (Å²) >= 11 is 0. The van der Waals surface area contributed by atoms with Gasteiger partial charge >= 0.3 is 0 Å². The molecule has 1 aliphatic heterocycles. The zero-order valence-corrected chi connectivity index (χ0v) is 14.4. The number of pyridine rings is 1. The topological polar surface area (TPSA) is 78.9 Å². The van der Waals surface area contributed by atoms with Crippen molar-refractivity contribution in [1.82, 2.24) is 19.8 Å². The fourth-order valence-corrected chi connectivity index (χ4v) is 2.94. The fourth-order valence-electron chi connectivity index (χ4n) is 2.94. The zero-order valence-electron chi connectivity index (χ0n) is 14.4. The van der Waals surface area contributed by atoms with E-state index in [1.807, 2.05) is 22.9 Å². The quantitative estimate of drug-likeness (QED) is 0.821. The summed E-state index contributed by atoms with van der Waals surface area (Å²) in [6, 6.07) is 5.67. The van der Waals surface area contributed by atoms with E-state index in [1.54, 1.807) is 38.1 Å². The van der Waals surface area contributed by atoms with Crippen LogP contribution in [0.5, 0.6) is 0 Å². The molecule has 130 valence electrons. The van der Waals surface area contributed by atoms with Crippen molar-refractivity contribution in [2.75, 3.05) is 7.05 Å². The highest BCUT2D eigenvalue weighted by atomic mass is 16.5. The third-order valence-electron chi connectivity index (χ3n) is 4.09. The molecule has 3 heterocycles. The third kappa shape index (κ3) is 3.66. The molecule has 2 aromatic rings. The van der Waals surface area contributed by atoms with Gasteiger partial charge in [-0.15, -0.1) is 0 Å². The predicted molar refractivity (Wildman–Crippen MR) is 97.5 cm³/mol. The minimum absolute atomic E-state index is 0.112. The van der Waals surface area contributed by atoms with Gasteiger partial charge in [-0.25, -0.2) is 9.67 Å². The SMILES string of the molecule is CCCC1C(Cc2ccnn2-c2ncccc2C=NC)=NC=CN1O. The molecule has 0 saturated carbocycles. The second-order valence-electron chi connectivity index (χ2n) is 5.82. The van der Waals surface area contributed by atoms with Crippen molar-refractivity contribution in [2.24, 2.45) is 9.98 Å². The fraction of sp³-hybridized carbons (Fsp3) is 0.333. The molecule has 25 heavy (non-hydrogen) atoms. The molecular weight excluding hydrogens is 316 g/mol. The van der Waals surface area contributed by atoms with Crippen LogP contribution in [0.25, 0.3) is 5.82 Å². The molecule has 7 nitrogen and oxygen atoms in total. The van der Waals surface area contributed by atoms with Crippen LogP contribution in [0.15, 0.2) is 53.0 Å². The van der Waals surface area contributed by atoms with Gasteiger partial charge in [0.25, 0.3) is 0 Å². The lowest BCUT2D eigenvalue weighted by Crippen LogP contribution is -2.38. The molecule has 0 spiro atoms. The highest BCUT2D eigenvalue weighted by molar-refractivity contribution is 5.92. The largest absolute Gasteiger partial charge is 0.296 e. The van der Waals surface area contributed by atoms with Gasteiger partial charge in [-0.2, -0.15) is 5.10 Å². The Balaban J connectivity index is 1.93. The van der Waals surface area contributed by atoms with Crippen molar-refractivity contribution in [3.8, 4) is 5.82 Å². The Morgan fingerprint density at radius 3 is 3.00 bits per heavy atom. The lowest BCUT2D eigenvalue weighted by atomic mass is 10.0. The molecule has 0 fully saturated rings. The van der Waals surface area contributed by atoms with E-state index >= 15 is 0 Å². The zero-order chi connectivity index (χ0) is 17.6. The van der Waals surface area contributed by atoms with Crippen LogP contribution in [0.1, 0.15) is 31.0 Å². The van der Waals surface area contributed by atoms with Gasteiger partial charge in [0.1, 0.15) is 0 Å². The summed E-state index contributed by atoms with van der Waals surface area (Å²) < 4.78 is 1.81. The summed E-state index contributed by atoms with van der Waals surface area (Å²) in [6.45, 7) is 2.10. The van der Waals surface area contributed by atoms with E-state index in [0.29, 0.717) is 6.42 Å². The van der Waals surface area contributed by atoms with Crippen LogP contribution < -0.4 is 0 Å². The third-order valence-corrected chi connectivity index (χ3v) is 4.09. The van der Waals surface area contributed by atoms with E-state index in [0.717, 1.165) is 35.6 Å². The number of aromatic nitrogens is 3. The average Bonchev–Trinajstić information content (AvgIpc) is 3.07. The molecule has 0 aromatic carbocycles. The normalized spacial score (nSPS) is 17.3. The summed E-state index contributed by atoms with van der Waals surface area (Å²) in [5, 5.41) is 15.8. The predicted octanol–water partition coefficient (Wildman–Crippen LogP) is 2.64. The highest BCUT2D eigenvalue weighted by Crippen LogP contribution is 2.18. The van der Waals surface area contributed by atoms with Crippen LogP contribution in [0.4, 0.5) is 0 Å². The first-order valence-electron chi connectivity index (χ1n) is 8.35. The van der Waals surface area contributed by atoms with Crippen molar-refractivity contribution < 1.29 is 5.21 Å².